The van der Waals surface area contributed by atoms with Gasteiger partial charge in [0.15, 0.2) is 0 Å². The fourth-order valence-corrected chi connectivity index (χ4v) is 2.59. The summed E-state index contributed by atoms with van der Waals surface area (Å²) in [4.78, 5) is 25.0. The molecular weight excluding hydrogens is 290 g/mol. The molecule has 1 amide bonds. The maximum atomic E-state index is 12.3. The Hall–Kier alpha value is -1.81. The van der Waals surface area contributed by atoms with Gasteiger partial charge in [-0.25, -0.2) is 4.79 Å². The summed E-state index contributed by atoms with van der Waals surface area (Å²) in [6.07, 6.45) is 6.31. The van der Waals surface area contributed by atoms with E-state index in [2.05, 4.69) is 0 Å². The molecule has 1 saturated heterocycles. The van der Waals surface area contributed by atoms with E-state index in [0.717, 1.165) is 24.8 Å². The summed E-state index contributed by atoms with van der Waals surface area (Å²) >= 11 is 5.80. The van der Waals surface area contributed by atoms with Gasteiger partial charge in [0.1, 0.15) is 6.04 Å². The van der Waals surface area contributed by atoms with E-state index in [1.807, 2.05) is 12.1 Å². The molecule has 0 aromatic heterocycles. The predicted octanol–water partition coefficient (Wildman–Crippen LogP) is 3.21. The van der Waals surface area contributed by atoms with Crippen molar-refractivity contribution < 1.29 is 14.7 Å². The van der Waals surface area contributed by atoms with E-state index in [-0.39, 0.29) is 5.91 Å². The van der Waals surface area contributed by atoms with Gasteiger partial charge in [0.05, 0.1) is 0 Å². The number of aliphatic carboxylic acids is 1. The van der Waals surface area contributed by atoms with Crippen LogP contribution >= 0.6 is 11.6 Å². The summed E-state index contributed by atoms with van der Waals surface area (Å²) < 4.78 is 0. The maximum absolute atomic E-state index is 12.3. The predicted molar refractivity (Wildman–Crippen MR) is 82.1 cm³/mol. The summed E-state index contributed by atoms with van der Waals surface area (Å²) in [7, 11) is 0. The van der Waals surface area contributed by atoms with Crippen molar-refractivity contribution in [3.63, 3.8) is 0 Å². The van der Waals surface area contributed by atoms with Gasteiger partial charge in [-0.15, -0.1) is 0 Å². The third kappa shape index (κ3) is 4.33. The van der Waals surface area contributed by atoms with Gasteiger partial charge >= 0.3 is 5.97 Å². The molecule has 0 radical (unpaired) electrons. The number of hydrogen-bond donors (Lipinski definition) is 1. The zero-order valence-corrected chi connectivity index (χ0v) is 12.4. The Balaban J connectivity index is 2.09. The van der Waals surface area contributed by atoms with E-state index in [0.29, 0.717) is 18.0 Å². The second-order valence-corrected chi connectivity index (χ2v) is 5.56. The molecule has 1 aliphatic rings. The molecular formula is C16H18ClNO3. The van der Waals surface area contributed by atoms with Gasteiger partial charge in [-0.05, 0) is 36.6 Å². The number of carboxylic acid groups (broad SMARTS) is 1. The Morgan fingerprint density at radius 3 is 2.57 bits per heavy atom. The van der Waals surface area contributed by atoms with Gasteiger partial charge in [-0.2, -0.15) is 0 Å². The van der Waals surface area contributed by atoms with Crippen LogP contribution < -0.4 is 0 Å². The largest absolute Gasteiger partial charge is 0.480 e. The molecule has 0 aliphatic carbocycles. The van der Waals surface area contributed by atoms with Gasteiger partial charge in [0.25, 0.3) is 0 Å². The zero-order valence-electron chi connectivity index (χ0n) is 11.7. The summed E-state index contributed by atoms with van der Waals surface area (Å²) in [5, 5.41) is 9.90. The molecule has 1 aromatic carbocycles. The Morgan fingerprint density at radius 2 is 1.90 bits per heavy atom. The van der Waals surface area contributed by atoms with Crippen LogP contribution in [0.15, 0.2) is 30.3 Å². The molecule has 112 valence electrons. The van der Waals surface area contributed by atoms with Crippen molar-refractivity contribution in [1.82, 2.24) is 4.90 Å². The summed E-state index contributed by atoms with van der Waals surface area (Å²) in [5.41, 5.74) is 0.856. The van der Waals surface area contributed by atoms with Crippen LogP contribution in [0.25, 0.3) is 6.08 Å². The first-order chi connectivity index (χ1) is 10.1. The molecule has 21 heavy (non-hydrogen) atoms. The van der Waals surface area contributed by atoms with E-state index < -0.39 is 12.0 Å². The number of carbonyl (C=O) groups is 2. The van der Waals surface area contributed by atoms with E-state index in [9.17, 15) is 14.7 Å². The van der Waals surface area contributed by atoms with E-state index in [1.54, 1.807) is 18.2 Å². The normalized spacial score (nSPS) is 19.5. The van der Waals surface area contributed by atoms with Crippen LogP contribution in [-0.4, -0.2) is 34.5 Å². The average Bonchev–Trinajstić information content (AvgIpc) is 2.72. The first kappa shape index (κ1) is 15.6. The van der Waals surface area contributed by atoms with Crippen LogP contribution in [0.1, 0.15) is 31.2 Å². The van der Waals surface area contributed by atoms with E-state index in [1.165, 1.54) is 11.0 Å². The first-order valence-corrected chi connectivity index (χ1v) is 7.43. The third-order valence-electron chi connectivity index (χ3n) is 3.61. The van der Waals surface area contributed by atoms with Crippen molar-refractivity contribution >= 4 is 29.6 Å². The SMILES string of the molecule is O=C(O)C1CCCCCN1C(=O)C=Cc1ccc(Cl)cc1. The Morgan fingerprint density at radius 1 is 1.19 bits per heavy atom. The number of rotatable bonds is 3. The smallest absolute Gasteiger partial charge is 0.326 e. The summed E-state index contributed by atoms with van der Waals surface area (Å²) in [5.74, 6) is -1.18. The number of benzene rings is 1. The Bertz CT molecular complexity index is 539. The summed E-state index contributed by atoms with van der Waals surface area (Å²) in [6, 6.07) is 6.40. The van der Waals surface area contributed by atoms with Crippen molar-refractivity contribution in [2.75, 3.05) is 6.54 Å². The van der Waals surface area contributed by atoms with Crippen molar-refractivity contribution in [2.24, 2.45) is 0 Å². The third-order valence-corrected chi connectivity index (χ3v) is 3.86. The lowest BCUT2D eigenvalue weighted by atomic mass is 10.1. The Kier molecular flexibility index (Phi) is 5.39. The number of amides is 1. The quantitative estimate of drug-likeness (QED) is 0.872. The van der Waals surface area contributed by atoms with Crippen LogP contribution in [0, 0.1) is 0 Å². The van der Waals surface area contributed by atoms with Crippen molar-refractivity contribution in [3.05, 3.63) is 40.9 Å². The van der Waals surface area contributed by atoms with Crippen LogP contribution in [0.2, 0.25) is 5.02 Å². The molecule has 1 aliphatic heterocycles. The average molecular weight is 308 g/mol. The maximum Gasteiger partial charge on any atom is 0.326 e. The molecule has 1 N–H and O–H groups in total. The minimum absolute atomic E-state index is 0.251. The van der Waals surface area contributed by atoms with Crippen LogP contribution in [-0.2, 0) is 9.59 Å². The number of hydrogen-bond acceptors (Lipinski definition) is 2. The zero-order chi connectivity index (χ0) is 15.2. The van der Waals surface area contributed by atoms with E-state index >= 15 is 0 Å². The molecule has 1 heterocycles. The monoisotopic (exact) mass is 307 g/mol. The fourth-order valence-electron chi connectivity index (χ4n) is 2.47. The second-order valence-electron chi connectivity index (χ2n) is 5.12. The molecule has 2 rings (SSSR count). The van der Waals surface area contributed by atoms with Gasteiger partial charge in [0, 0.05) is 17.6 Å². The molecule has 0 saturated carbocycles. The van der Waals surface area contributed by atoms with E-state index in [4.69, 9.17) is 11.6 Å². The highest BCUT2D eigenvalue weighted by Crippen LogP contribution is 2.18. The lowest BCUT2D eigenvalue weighted by molar-refractivity contribution is -0.148. The Labute approximate surface area is 129 Å². The molecule has 5 heteroatoms. The number of nitrogens with zero attached hydrogens (tertiary/aromatic N) is 1. The molecule has 1 aromatic rings. The van der Waals surface area contributed by atoms with Gasteiger partial charge < -0.3 is 10.0 Å². The number of likely N-dealkylation sites (tertiary alicyclic amines) is 1. The van der Waals surface area contributed by atoms with Crippen molar-refractivity contribution in [1.29, 1.82) is 0 Å². The summed E-state index contributed by atoms with van der Waals surface area (Å²) in [6.45, 7) is 0.501. The second kappa shape index (κ2) is 7.27. The highest BCUT2D eigenvalue weighted by atomic mass is 35.5. The van der Waals surface area contributed by atoms with Crippen molar-refractivity contribution in [3.8, 4) is 0 Å². The van der Waals surface area contributed by atoms with Gasteiger partial charge in [-0.1, -0.05) is 36.6 Å². The van der Waals surface area contributed by atoms with Crippen LogP contribution in [0.5, 0.6) is 0 Å². The van der Waals surface area contributed by atoms with Crippen LogP contribution in [0.4, 0.5) is 0 Å². The van der Waals surface area contributed by atoms with Gasteiger partial charge in [0.2, 0.25) is 5.91 Å². The van der Waals surface area contributed by atoms with Gasteiger partial charge in [-0.3, -0.25) is 4.79 Å². The molecule has 0 bridgehead atoms. The lowest BCUT2D eigenvalue weighted by Crippen LogP contribution is -2.43. The highest BCUT2D eigenvalue weighted by Gasteiger charge is 2.29. The highest BCUT2D eigenvalue weighted by molar-refractivity contribution is 6.30. The molecule has 1 atom stereocenters. The van der Waals surface area contributed by atoms with Crippen LogP contribution in [0.3, 0.4) is 0 Å². The number of halogens is 1. The molecule has 1 fully saturated rings. The lowest BCUT2D eigenvalue weighted by Gasteiger charge is -2.25. The molecule has 1 unspecified atom stereocenters. The topological polar surface area (TPSA) is 57.6 Å². The minimum Gasteiger partial charge on any atom is -0.480 e. The minimum atomic E-state index is -0.926. The number of carbonyl (C=O) groups excluding carboxylic acids is 1. The first-order valence-electron chi connectivity index (χ1n) is 7.05. The molecule has 0 spiro atoms. The van der Waals surface area contributed by atoms with Crippen molar-refractivity contribution in [2.45, 2.75) is 31.7 Å². The molecule has 4 nitrogen and oxygen atoms in total. The fraction of sp³-hybridized carbons (Fsp3) is 0.375. The standard InChI is InChI=1S/C16H18ClNO3/c17-13-8-5-12(6-9-13)7-10-15(19)18-11-3-1-2-4-14(18)16(20)21/h5-10,14H,1-4,11H2,(H,20,21). The number of carboxylic acids is 1.